The zero-order valence-corrected chi connectivity index (χ0v) is 41.2. The van der Waals surface area contributed by atoms with E-state index < -0.39 is 11.5 Å². The van der Waals surface area contributed by atoms with Crippen LogP contribution in [0.3, 0.4) is 0 Å². The molecule has 0 spiro atoms. The second kappa shape index (κ2) is 23.2. The number of ether oxygens (including phenoxy) is 2. The Hall–Kier alpha value is -8.14. The monoisotopic (exact) mass is 973 g/mol. The number of unbranched alkanes of at least 4 members (excludes halogenated alkanes) is 5. The van der Waals surface area contributed by atoms with Crippen LogP contribution < -0.4 is 19.9 Å². The van der Waals surface area contributed by atoms with Crippen molar-refractivity contribution in [2.75, 3.05) is 43.1 Å². The van der Waals surface area contributed by atoms with Gasteiger partial charge < -0.3 is 29.5 Å². The first kappa shape index (κ1) is 50.3. The fourth-order valence-electron chi connectivity index (χ4n) is 8.98. The third kappa shape index (κ3) is 12.2. The lowest BCUT2D eigenvalue weighted by atomic mass is 9.97. The highest BCUT2D eigenvalue weighted by Crippen LogP contribution is 2.40. The number of amides is 2. The molecule has 72 heavy (non-hydrogen) atoms. The molecule has 0 unspecified atom stereocenters. The minimum absolute atomic E-state index is 0.0364. The van der Waals surface area contributed by atoms with E-state index in [0.717, 1.165) is 69.2 Å². The summed E-state index contributed by atoms with van der Waals surface area (Å²) in [6.45, 7) is 8.29. The molecular formula is C53H59N13O6. The predicted molar refractivity (Wildman–Crippen MR) is 267 cm³/mol. The Morgan fingerprint density at radius 2 is 1.71 bits per heavy atom. The van der Waals surface area contributed by atoms with Gasteiger partial charge in [0.2, 0.25) is 23.6 Å². The number of benzene rings is 1. The lowest BCUT2D eigenvalue weighted by Gasteiger charge is -2.39. The van der Waals surface area contributed by atoms with Gasteiger partial charge in [-0.1, -0.05) is 49.1 Å². The number of nitrogens with one attached hydrogen (secondary N) is 1. The molecule has 1 fully saturated rings. The number of nitrogens with zero attached hydrogens (tertiary/aromatic N) is 12. The standard InChI is InChI=1S/C53H59N13O6/c1-36-33-63(52-58-30-40(31-59-52)44-21-20-43-49(69)53(2,3)66(50(43)60-44)34-39-14-12-23-55-45(39)28-54)25-26-65(36)48(68)32-56-46(67)16-9-7-5-6-8-10-24-64-35-41(61-62-64)19-17-37-13-11-15-42(27-37)72-47-22-18-38(29-57-47)51(70)71-4/h11-15,18,20-23,27,29-31,35-36H,5-10,16-17,19,24-26,32-34H2,1-4H3,(H,56,67)/t36-/m1/s1. The summed E-state index contributed by atoms with van der Waals surface area (Å²) in [6, 6.07) is 20.3. The van der Waals surface area contributed by atoms with Crippen molar-refractivity contribution < 1.29 is 28.7 Å². The number of ketones is 1. The van der Waals surface area contributed by atoms with Crippen LogP contribution in [0.1, 0.15) is 109 Å². The van der Waals surface area contributed by atoms with Gasteiger partial charge in [-0.2, -0.15) is 5.26 Å². The maximum absolute atomic E-state index is 13.4. The summed E-state index contributed by atoms with van der Waals surface area (Å²) in [5, 5.41) is 21.1. The number of carbonyl (C=O) groups is 4. The smallest absolute Gasteiger partial charge is 0.339 e. The third-order valence-electron chi connectivity index (χ3n) is 13.1. The molecular weight excluding hydrogens is 915 g/mol. The van der Waals surface area contributed by atoms with Gasteiger partial charge >= 0.3 is 5.97 Å². The van der Waals surface area contributed by atoms with E-state index in [4.69, 9.17) is 14.5 Å². The van der Waals surface area contributed by atoms with E-state index in [1.807, 2.05) is 71.8 Å². The fraction of sp³-hybridized carbons (Fsp3) is 0.396. The number of methoxy groups -OCH3 is 1. The molecule has 7 heterocycles. The molecule has 0 aliphatic carbocycles. The first-order valence-electron chi connectivity index (χ1n) is 24.4. The zero-order chi connectivity index (χ0) is 50.6. The van der Waals surface area contributed by atoms with Crippen LogP contribution in [0, 0.1) is 11.3 Å². The molecule has 1 aromatic carbocycles. The number of hydrogen-bond donors (Lipinski definition) is 1. The number of aryl methyl sites for hydroxylation is 3. The Labute approximate surface area is 418 Å². The summed E-state index contributed by atoms with van der Waals surface area (Å²) in [6.07, 6.45) is 16.2. The van der Waals surface area contributed by atoms with E-state index in [0.29, 0.717) is 89.6 Å². The van der Waals surface area contributed by atoms with E-state index in [9.17, 15) is 24.4 Å². The minimum Gasteiger partial charge on any atom is -0.465 e. The van der Waals surface area contributed by atoms with Crippen molar-refractivity contribution in [3.8, 4) is 29.0 Å². The van der Waals surface area contributed by atoms with E-state index in [1.165, 1.54) is 13.3 Å². The lowest BCUT2D eigenvalue weighted by molar-refractivity contribution is -0.134. The minimum atomic E-state index is -0.873. The lowest BCUT2D eigenvalue weighted by Crippen LogP contribution is -2.56. The maximum atomic E-state index is 13.4. The Balaban J connectivity index is 0.691. The molecule has 19 heteroatoms. The number of fused-ring (bicyclic) bond motifs is 1. The van der Waals surface area contributed by atoms with Crippen LogP contribution in [-0.2, 0) is 40.3 Å². The molecule has 0 saturated carbocycles. The SMILES string of the molecule is COC(=O)c1ccc(Oc2cccc(CCc3cn(CCCCCCCCC(=O)NCC(=O)N4CCN(c5ncc(-c6ccc7c(n6)N(Cc6cccnc6C#N)C(C)(C)C7=O)cn5)C[C@H]4C)nn3)c2)nc1. The highest BCUT2D eigenvalue weighted by molar-refractivity contribution is 6.13. The zero-order valence-electron chi connectivity index (χ0n) is 41.2. The Morgan fingerprint density at radius 1 is 0.903 bits per heavy atom. The van der Waals surface area contributed by atoms with E-state index in [-0.39, 0.29) is 30.2 Å². The molecule has 6 aromatic rings. The molecule has 0 bridgehead atoms. The van der Waals surface area contributed by atoms with Crippen LogP contribution in [0.15, 0.2) is 91.6 Å². The summed E-state index contributed by atoms with van der Waals surface area (Å²) in [7, 11) is 1.33. The number of carbonyl (C=O) groups excluding carboxylic acids is 4. The molecule has 2 amide bonds. The molecule has 1 N–H and O–H groups in total. The Bertz CT molecular complexity index is 2920. The molecule has 2 aliphatic rings. The highest BCUT2D eigenvalue weighted by Gasteiger charge is 2.45. The average molecular weight is 974 g/mol. The van der Waals surface area contributed by atoms with Crippen LogP contribution in [0.25, 0.3) is 11.3 Å². The largest absolute Gasteiger partial charge is 0.465 e. The van der Waals surface area contributed by atoms with Gasteiger partial charge in [-0.3, -0.25) is 19.1 Å². The molecule has 19 nitrogen and oxygen atoms in total. The van der Waals surface area contributed by atoms with Crippen LogP contribution in [-0.4, -0.2) is 113 Å². The molecule has 8 rings (SSSR count). The summed E-state index contributed by atoms with van der Waals surface area (Å²) in [4.78, 5) is 79.3. The summed E-state index contributed by atoms with van der Waals surface area (Å²) < 4.78 is 12.5. The summed E-state index contributed by atoms with van der Waals surface area (Å²) >= 11 is 0. The summed E-state index contributed by atoms with van der Waals surface area (Å²) in [5.74, 6) is 1.38. The van der Waals surface area contributed by atoms with E-state index >= 15 is 0 Å². The highest BCUT2D eigenvalue weighted by atomic mass is 16.5. The van der Waals surface area contributed by atoms with Crippen LogP contribution in [0.5, 0.6) is 11.6 Å². The average Bonchev–Trinajstić information content (AvgIpc) is 3.93. The van der Waals surface area contributed by atoms with Crippen molar-refractivity contribution in [2.45, 2.75) is 103 Å². The van der Waals surface area contributed by atoms with Crippen LogP contribution in [0.4, 0.5) is 11.8 Å². The number of hydrogen-bond acceptors (Lipinski definition) is 16. The third-order valence-corrected chi connectivity index (χ3v) is 13.1. The molecule has 0 radical (unpaired) electrons. The van der Waals surface area contributed by atoms with Gasteiger partial charge in [0.15, 0.2) is 5.78 Å². The van der Waals surface area contributed by atoms with Crippen molar-refractivity contribution in [2.24, 2.45) is 0 Å². The van der Waals surface area contributed by atoms with Crippen molar-refractivity contribution >= 4 is 35.3 Å². The molecule has 5 aromatic heterocycles. The molecule has 1 atom stereocenters. The van der Waals surface area contributed by atoms with Crippen LogP contribution >= 0.6 is 0 Å². The number of pyridine rings is 3. The number of nitriles is 1. The number of rotatable bonds is 21. The van der Waals surface area contributed by atoms with Crippen molar-refractivity contribution in [1.82, 2.24) is 50.1 Å². The second-order valence-electron chi connectivity index (χ2n) is 18.6. The van der Waals surface area contributed by atoms with Gasteiger partial charge in [-0.15, -0.1) is 5.10 Å². The second-order valence-corrected chi connectivity index (χ2v) is 18.6. The van der Waals surface area contributed by atoms with Crippen molar-refractivity contribution in [3.05, 3.63) is 125 Å². The summed E-state index contributed by atoms with van der Waals surface area (Å²) in [5.41, 5.74) is 4.34. The van der Waals surface area contributed by atoms with Gasteiger partial charge in [0.05, 0.1) is 41.7 Å². The van der Waals surface area contributed by atoms with Crippen molar-refractivity contribution in [3.63, 3.8) is 0 Å². The first-order valence-corrected chi connectivity index (χ1v) is 24.4. The number of anilines is 2. The van der Waals surface area contributed by atoms with E-state index in [1.54, 1.807) is 53.8 Å². The predicted octanol–water partition coefficient (Wildman–Crippen LogP) is 6.72. The number of esters is 1. The first-order chi connectivity index (χ1) is 34.9. The number of aromatic nitrogens is 8. The molecule has 1 saturated heterocycles. The molecule has 2 aliphatic heterocycles. The number of piperazine rings is 1. The van der Waals surface area contributed by atoms with Gasteiger partial charge in [-0.25, -0.2) is 29.7 Å². The van der Waals surface area contributed by atoms with Gasteiger partial charge in [0.25, 0.3) is 0 Å². The van der Waals surface area contributed by atoms with Crippen LogP contribution in [0.2, 0.25) is 0 Å². The topological polar surface area (TPSA) is 227 Å². The van der Waals surface area contributed by atoms with Gasteiger partial charge in [-0.05, 0) is 88.4 Å². The Morgan fingerprint density at radius 3 is 2.47 bits per heavy atom. The molecule has 372 valence electrons. The Kier molecular flexibility index (Phi) is 16.2. The fourth-order valence-corrected chi connectivity index (χ4v) is 8.98. The maximum Gasteiger partial charge on any atom is 0.339 e. The quantitative estimate of drug-likeness (QED) is 0.0583. The normalized spacial score (nSPS) is 15.0. The van der Waals surface area contributed by atoms with Gasteiger partial charge in [0.1, 0.15) is 23.3 Å². The van der Waals surface area contributed by atoms with Crippen molar-refractivity contribution in [1.29, 1.82) is 5.26 Å². The number of Topliss-reactive ketones (excluding diaryl/α,β-unsaturated/α-hetero) is 1. The van der Waals surface area contributed by atoms with Gasteiger partial charge in [0, 0.05) is 93.4 Å². The van der Waals surface area contributed by atoms with E-state index in [2.05, 4.69) is 41.6 Å².